The van der Waals surface area contributed by atoms with Crippen molar-refractivity contribution >= 4 is 29.0 Å². The average Bonchev–Trinajstić information content (AvgIpc) is 3.38. The number of anilines is 2. The molecule has 2 aliphatic rings. The van der Waals surface area contributed by atoms with Gasteiger partial charge >= 0.3 is 5.97 Å². The Kier molecular flexibility index (Phi) is 7.24. The first-order valence-corrected chi connectivity index (χ1v) is 13.1. The quantitative estimate of drug-likeness (QED) is 0.395. The number of methoxy groups -OCH3 is 1. The van der Waals surface area contributed by atoms with Crippen LogP contribution < -0.4 is 15.5 Å². The van der Waals surface area contributed by atoms with Gasteiger partial charge in [-0.1, -0.05) is 38.1 Å². The van der Waals surface area contributed by atoms with Crippen LogP contribution in [0.25, 0.3) is 0 Å². The van der Waals surface area contributed by atoms with Crippen molar-refractivity contribution in [3.63, 3.8) is 0 Å². The van der Waals surface area contributed by atoms with Crippen LogP contribution in [0.1, 0.15) is 54.3 Å². The van der Waals surface area contributed by atoms with Crippen molar-refractivity contribution < 1.29 is 19.1 Å². The number of esters is 1. The minimum atomic E-state index is -0.523. The highest BCUT2D eigenvalue weighted by atomic mass is 16.5. The van der Waals surface area contributed by atoms with Gasteiger partial charge in [-0.2, -0.15) is 0 Å². The molecule has 0 fully saturated rings. The molecule has 202 valence electrons. The molecule has 5 rings (SSSR count). The van der Waals surface area contributed by atoms with Crippen LogP contribution in [0.2, 0.25) is 0 Å². The fourth-order valence-corrected chi connectivity index (χ4v) is 5.46. The second kappa shape index (κ2) is 10.8. The van der Waals surface area contributed by atoms with Gasteiger partial charge in [-0.25, -0.2) is 9.78 Å². The Bertz CT molecular complexity index is 1410. The number of allylic oxidation sites excluding steroid dienone is 1. The molecular weight excluding hydrogens is 494 g/mol. The molecule has 3 N–H and O–H groups in total. The van der Waals surface area contributed by atoms with Gasteiger partial charge in [-0.05, 0) is 41.7 Å². The summed E-state index contributed by atoms with van der Waals surface area (Å²) in [5, 5.41) is 6.56. The molecule has 0 spiro atoms. The third-order valence-corrected chi connectivity index (χ3v) is 7.24. The molecule has 2 heterocycles. The van der Waals surface area contributed by atoms with Crippen LogP contribution in [0.4, 0.5) is 11.4 Å². The molecule has 1 aliphatic carbocycles. The summed E-state index contributed by atoms with van der Waals surface area (Å²) in [5.74, 6) is -0.542. The van der Waals surface area contributed by atoms with Gasteiger partial charge in [0.2, 0.25) is 5.91 Å². The molecule has 1 unspecified atom stereocenters. The summed E-state index contributed by atoms with van der Waals surface area (Å²) in [4.78, 5) is 48.2. The first-order valence-electron chi connectivity index (χ1n) is 13.1. The third kappa shape index (κ3) is 5.57. The van der Waals surface area contributed by atoms with E-state index in [-0.39, 0.29) is 23.7 Å². The molecule has 2 aromatic carbocycles. The lowest BCUT2D eigenvalue weighted by Gasteiger charge is -2.38. The van der Waals surface area contributed by atoms with Crippen LogP contribution in [-0.2, 0) is 20.7 Å². The first kappa shape index (κ1) is 26.2. The standard InChI is InChI=1S/C30H33N5O4/c1-30(2)14-23-27(25(36)15-30)28(19-8-10-20(11-9-19)29(38)39-3)35(24-7-5-4-6-22(24)34-23)17-26(37)32-13-12-21-16-31-18-33-21/h4-11,16,18,28,34H,12-15,17H2,1-3H3,(H,31,33)(H,32,37). The summed E-state index contributed by atoms with van der Waals surface area (Å²) in [5.41, 5.74) is 5.16. The Morgan fingerprint density at radius 1 is 1.13 bits per heavy atom. The summed E-state index contributed by atoms with van der Waals surface area (Å²) in [6.45, 7) is 4.68. The number of Topliss-reactive ketones (excluding diaryl/α,β-unsaturated/α-hetero) is 1. The Hall–Kier alpha value is -4.40. The molecule has 9 nitrogen and oxygen atoms in total. The molecule has 1 amide bonds. The lowest BCUT2D eigenvalue weighted by Crippen LogP contribution is -2.42. The predicted molar refractivity (Wildman–Crippen MR) is 148 cm³/mol. The van der Waals surface area contributed by atoms with Gasteiger partial charge in [-0.3, -0.25) is 9.59 Å². The van der Waals surface area contributed by atoms with Crippen LogP contribution in [-0.4, -0.2) is 47.8 Å². The summed E-state index contributed by atoms with van der Waals surface area (Å²) in [6.07, 6.45) is 5.09. The Morgan fingerprint density at radius 2 is 1.90 bits per heavy atom. The molecule has 1 aliphatic heterocycles. The van der Waals surface area contributed by atoms with E-state index in [2.05, 4.69) is 34.4 Å². The highest BCUT2D eigenvalue weighted by Crippen LogP contribution is 2.48. The van der Waals surface area contributed by atoms with Crippen molar-refractivity contribution in [3.05, 3.63) is 89.1 Å². The van der Waals surface area contributed by atoms with E-state index >= 15 is 0 Å². The Morgan fingerprint density at radius 3 is 2.62 bits per heavy atom. The number of rotatable bonds is 7. The topological polar surface area (TPSA) is 116 Å². The van der Waals surface area contributed by atoms with Crippen LogP contribution in [0.3, 0.4) is 0 Å². The second-order valence-electron chi connectivity index (χ2n) is 10.8. The number of benzene rings is 2. The second-order valence-corrected chi connectivity index (χ2v) is 10.8. The minimum absolute atomic E-state index is 0.0402. The van der Waals surface area contributed by atoms with Crippen LogP contribution in [0.15, 0.2) is 72.3 Å². The molecule has 1 atom stereocenters. The SMILES string of the molecule is COC(=O)c1ccc(C2C3=C(CC(C)(C)CC3=O)Nc3ccccc3N2CC(=O)NCCc2cnc[nH]2)cc1. The first-order chi connectivity index (χ1) is 18.8. The number of amides is 1. The number of H-pyrrole nitrogens is 1. The fraction of sp³-hybridized carbons (Fsp3) is 0.333. The van der Waals surface area contributed by atoms with Crippen molar-refractivity contribution in [1.82, 2.24) is 15.3 Å². The number of aromatic amines is 1. The van der Waals surface area contributed by atoms with Gasteiger partial charge in [0.25, 0.3) is 0 Å². The minimum Gasteiger partial charge on any atom is -0.465 e. The summed E-state index contributed by atoms with van der Waals surface area (Å²) < 4.78 is 4.87. The molecule has 3 aromatic rings. The van der Waals surface area contributed by atoms with Crippen LogP contribution in [0.5, 0.6) is 0 Å². The monoisotopic (exact) mass is 527 g/mol. The Labute approximate surface area is 227 Å². The number of ether oxygens (including phenoxy) is 1. The maximum Gasteiger partial charge on any atom is 0.337 e. The van der Waals surface area contributed by atoms with Crippen LogP contribution in [0, 0.1) is 5.41 Å². The van der Waals surface area contributed by atoms with Crippen molar-refractivity contribution in [3.8, 4) is 0 Å². The van der Waals surface area contributed by atoms with E-state index in [1.54, 1.807) is 24.7 Å². The third-order valence-electron chi connectivity index (χ3n) is 7.24. The van der Waals surface area contributed by atoms with E-state index < -0.39 is 12.0 Å². The smallest absolute Gasteiger partial charge is 0.337 e. The van der Waals surface area contributed by atoms with Crippen molar-refractivity contribution in [2.75, 3.05) is 30.4 Å². The van der Waals surface area contributed by atoms with E-state index in [4.69, 9.17) is 4.74 Å². The largest absolute Gasteiger partial charge is 0.465 e. The van der Waals surface area contributed by atoms with E-state index in [0.717, 1.165) is 28.3 Å². The summed E-state index contributed by atoms with van der Waals surface area (Å²) in [6, 6.07) is 14.4. The number of nitrogens with one attached hydrogen (secondary N) is 3. The highest BCUT2D eigenvalue weighted by molar-refractivity contribution is 6.02. The van der Waals surface area contributed by atoms with Crippen molar-refractivity contribution in [2.24, 2.45) is 5.41 Å². The molecule has 0 saturated heterocycles. The zero-order chi connectivity index (χ0) is 27.6. The number of carbonyl (C=O) groups excluding carboxylic acids is 3. The van der Waals surface area contributed by atoms with Crippen LogP contribution >= 0.6 is 0 Å². The zero-order valence-electron chi connectivity index (χ0n) is 22.4. The van der Waals surface area contributed by atoms with E-state index in [1.807, 2.05) is 41.3 Å². The van der Waals surface area contributed by atoms with Gasteiger partial charge < -0.3 is 25.3 Å². The van der Waals surface area contributed by atoms with Crippen molar-refractivity contribution in [2.45, 2.75) is 39.2 Å². The zero-order valence-corrected chi connectivity index (χ0v) is 22.4. The Balaban J connectivity index is 1.55. The number of ketones is 1. The maximum atomic E-state index is 13.8. The van der Waals surface area contributed by atoms with E-state index in [0.29, 0.717) is 36.9 Å². The lowest BCUT2D eigenvalue weighted by atomic mass is 9.73. The van der Waals surface area contributed by atoms with E-state index in [9.17, 15) is 14.4 Å². The molecular formula is C30H33N5O4. The number of carbonyl (C=O) groups is 3. The van der Waals surface area contributed by atoms with Crippen molar-refractivity contribution in [1.29, 1.82) is 0 Å². The number of aromatic nitrogens is 2. The summed E-state index contributed by atoms with van der Waals surface area (Å²) in [7, 11) is 1.34. The lowest BCUT2D eigenvalue weighted by molar-refractivity contribution is -0.120. The van der Waals surface area contributed by atoms with Gasteiger partial charge in [0.1, 0.15) is 0 Å². The number of hydrogen-bond donors (Lipinski definition) is 3. The number of hydrogen-bond acceptors (Lipinski definition) is 7. The molecule has 0 saturated carbocycles. The number of nitrogens with zero attached hydrogens (tertiary/aromatic N) is 2. The molecule has 39 heavy (non-hydrogen) atoms. The average molecular weight is 528 g/mol. The number of para-hydroxylation sites is 2. The molecule has 0 radical (unpaired) electrons. The highest BCUT2D eigenvalue weighted by Gasteiger charge is 2.41. The van der Waals surface area contributed by atoms with E-state index in [1.165, 1.54) is 7.11 Å². The normalized spacial score (nSPS) is 18.0. The molecule has 0 bridgehead atoms. The number of fused-ring (bicyclic) bond motifs is 1. The predicted octanol–water partition coefficient (Wildman–Crippen LogP) is 4.17. The van der Waals surface area contributed by atoms with Gasteiger partial charge in [-0.15, -0.1) is 0 Å². The summed E-state index contributed by atoms with van der Waals surface area (Å²) >= 11 is 0. The van der Waals surface area contributed by atoms with Gasteiger partial charge in [0.05, 0.1) is 43.0 Å². The molecule has 9 heteroatoms. The number of imidazole rings is 1. The van der Waals surface area contributed by atoms with Gasteiger partial charge in [0.15, 0.2) is 5.78 Å². The maximum absolute atomic E-state index is 13.8. The van der Waals surface area contributed by atoms with Gasteiger partial charge in [0, 0.05) is 42.5 Å². The fourth-order valence-electron chi connectivity index (χ4n) is 5.46. The molecule has 1 aromatic heterocycles.